The van der Waals surface area contributed by atoms with E-state index in [1.807, 2.05) is 6.07 Å². The van der Waals surface area contributed by atoms with Gasteiger partial charge in [0.1, 0.15) is 0 Å². The van der Waals surface area contributed by atoms with Crippen LogP contribution in [0.2, 0.25) is 0 Å². The first-order valence-corrected chi connectivity index (χ1v) is 14.3. The molecule has 0 spiro atoms. The first kappa shape index (κ1) is 26.3. The van der Waals surface area contributed by atoms with Gasteiger partial charge < -0.3 is 14.4 Å². The number of hydrogen-bond donors (Lipinski definition) is 1. The molecular formula is C33H37N5O2. The van der Waals surface area contributed by atoms with Crippen molar-refractivity contribution in [2.75, 3.05) is 18.4 Å². The molecule has 0 saturated carbocycles. The largest absolute Gasteiger partial charge is 0.341 e. The van der Waals surface area contributed by atoms with Crippen LogP contribution in [0.25, 0.3) is 33.2 Å². The second-order valence-electron chi connectivity index (χ2n) is 11.9. The van der Waals surface area contributed by atoms with Gasteiger partial charge >= 0.3 is 0 Å². The number of hydrogen-bond acceptors (Lipinski definition) is 5. The smallest absolute Gasteiger partial charge is 0.241 e. The number of rotatable bonds is 6. The van der Waals surface area contributed by atoms with E-state index in [0.717, 1.165) is 43.7 Å². The molecule has 3 heterocycles. The molecule has 0 aliphatic carbocycles. The maximum Gasteiger partial charge on any atom is 0.241 e. The van der Waals surface area contributed by atoms with E-state index >= 15 is 0 Å². The van der Waals surface area contributed by atoms with E-state index < -0.39 is 0 Å². The third kappa shape index (κ3) is 5.13. The summed E-state index contributed by atoms with van der Waals surface area (Å²) in [5.74, 6) is 1.31. The van der Waals surface area contributed by atoms with Crippen LogP contribution in [0.4, 0.5) is 5.69 Å². The molecule has 0 radical (unpaired) electrons. The van der Waals surface area contributed by atoms with Crippen molar-refractivity contribution < 1.29 is 9.32 Å². The zero-order valence-electron chi connectivity index (χ0n) is 23.8. The van der Waals surface area contributed by atoms with Gasteiger partial charge in [-0.1, -0.05) is 68.4 Å². The van der Waals surface area contributed by atoms with Crippen molar-refractivity contribution in [1.29, 1.82) is 0 Å². The van der Waals surface area contributed by atoms with Crippen molar-refractivity contribution in [3.05, 3.63) is 78.2 Å². The van der Waals surface area contributed by atoms with Crippen LogP contribution in [-0.4, -0.2) is 38.6 Å². The molecule has 1 fully saturated rings. The third-order valence-electron chi connectivity index (χ3n) is 8.15. The van der Waals surface area contributed by atoms with Gasteiger partial charge in [0.25, 0.3) is 0 Å². The number of likely N-dealkylation sites (tertiary alicyclic amines) is 1. The quantitative estimate of drug-likeness (QED) is 0.253. The number of carbonyl (C=O) groups excluding carboxylic acids is 1. The van der Waals surface area contributed by atoms with E-state index in [4.69, 9.17) is 4.52 Å². The molecule has 1 aliphatic heterocycles. The number of amides is 1. The number of para-hydroxylation sites is 1. The minimum atomic E-state index is -0.0106. The lowest BCUT2D eigenvalue weighted by Crippen LogP contribution is -2.37. The minimum Gasteiger partial charge on any atom is -0.341 e. The van der Waals surface area contributed by atoms with Crippen LogP contribution in [0.3, 0.4) is 0 Å². The molecule has 1 aliphatic rings. The number of benzene rings is 3. The molecule has 0 unspecified atom stereocenters. The lowest BCUT2D eigenvalue weighted by molar-refractivity contribution is -0.121. The Balaban J connectivity index is 1.06. The zero-order chi connectivity index (χ0) is 27.9. The third-order valence-corrected chi connectivity index (χ3v) is 8.15. The van der Waals surface area contributed by atoms with Crippen LogP contribution in [-0.2, 0) is 23.3 Å². The number of aromatic nitrogens is 3. The highest BCUT2D eigenvalue weighted by atomic mass is 16.5. The van der Waals surface area contributed by atoms with Crippen LogP contribution >= 0.6 is 0 Å². The number of nitrogens with one attached hydrogen (secondary N) is 1. The summed E-state index contributed by atoms with van der Waals surface area (Å²) in [4.78, 5) is 20.1. The van der Waals surface area contributed by atoms with Crippen LogP contribution in [0, 0.1) is 5.92 Å². The molecule has 2 aromatic heterocycles. The SMILES string of the molecule is CCn1c2ccccc2c2cc(NC(=O)C3CCN(Cc4nc(-c5ccc(C(C)(C)C)cc5)no4)CC3)ccc21. The summed E-state index contributed by atoms with van der Waals surface area (Å²) < 4.78 is 7.88. The van der Waals surface area contributed by atoms with Crippen LogP contribution < -0.4 is 5.32 Å². The summed E-state index contributed by atoms with van der Waals surface area (Å²) in [7, 11) is 0. The topological polar surface area (TPSA) is 76.2 Å². The fourth-order valence-corrected chi connectivity index (χ4v) is 5.82. The molecule has 1 amide bonds. The fourth-order valence-electron chi connectivity index (χ4n) is 5.82. The van der Waals surface area contributed by atoms with Crippen molar-refractivity contribution in [2.24, 2.45) is 5.92 Å². The van der Waals surface area contributed by atoms with Gasteiger partial charge in [0.15, 0.2) is 0 Å². The van der Waals surface area contributed by atoms with Crippen LogP contribution in [0.15, 0.2) is 71.3 Å². The van der Waals surface area contributed by atoms with E-state index in [0.29, 0.717) is 18.3 Å². The highest BCUT2D eigenvalue weighted by molar-refractivity contribution is 6.09. The summed E-state index contributed by atoms with van der Waals surface area (Å²) >= 11 is 0. The molecule has 0 bridgehead atoms. The normalized spacial score (nSPS) is 15.2. The highest BCUT2D eigenvalue weighted by Crippen LogP contribution is 2.32. The molecule has 0 atom stereocenters. The standard InChI is InChI=1S/C33H37N5O2/c1-5-38-28-9-7-6-8-26(28)27-20-25(14-15-29(27)38)34-32(39)23-16-18-37(19-17-23)21-30-35-31(36-40-30)22-10-12-24(13-11-22)33(2,3)4/h6-15,20,23H,5,16-19,21H2,1-4H3,(H,34,39). The first-order chi connectivity index (χ1) is 19.3. The van der Waals surface area contributed by atoms with Gasteiger partial charge in [-0.15, -0.1) is 0 Å². The number of piperidine rings is 1. The summed E-state index contributed by atoms with van der Waals surface area (Å²) in [6.07, 6.45) is 1.61. The Kier molecular flexibility index (Phi) is 6.92. The summed E-state index contributed by atoms with van der Waals surface area (Å²) in [5.41, 5.74) is 5.61. The number of nitrogens with zero attached hydrogens (tertiary/aromatic N) is 4. The van der Waals surface area contributed by atoms with Crippen molar-refractivity contribution >= 4 is 33.4 Å². The fraction of sp³-hybridized carbons (Fsp3) is 0.364. The van der Waals surface area contributed by atoms with E-state index in [-0.39, 0.29) is 17.2 Å². The molecule has 7 nitrogen and oxygen atoms in total. The molecule has 3 aromatic carbocycles. The maximum absolute atomic E-state index is 13.2. The molecule has 40 heavy (non-hydrogen) atoms. The predicted molar refractivity (Wildman–Crippen MR) is 160 cm³/mol. The lowest BCUT2D eigenvalue weighted by atomic mass is 9.87. The first-order valence-electron chi connectivity index (χ1n) is 14.3. The molecule has 5 aromatic rings. The second kappa shape index (κ2) is 10.5. The lowest BCUT2D eigenvalue weighted by Gasteiger charge is -2.30. The van der Waals surface area contributed by atoms with Crippen molar-refractivity contribution in [1.82, 2.24) is 19.6 Å². The van der Waals surface area contributed by atoms with E-state index in [9.17, 15) is 4.79 Å². The average Bonchev–Trinajstić information content (AvgIpc) is 3.55. The molecule has 6 rings (SSSR count). The van der Waals surface area contributed by atoms with Gasteiger partial charge in [-0.3, -0.25) is 9.69 Å². The average molecular weight is 536 g/mol. The molecule has 7 heteroatoms. The summed E-state index contributed by atoms with van der Waals surface area (Å²) in [5, 5.41) is 9.78. The van der Waals surface area contributed by atoms with E-state index in [2.05, 4.69) is 113 Å². The van der Waals surface area contributed by atoms with Crippen molar-refractivity contribution in [2.45, 2.75) is 59.0 Å². The number of fused-ring (bicyclic) bond motifs is 3. The van der Waals surface area contributed by atoms with Crippen LogP contribution in [0.5, 0.6) is 0 Å². The highest BCUT2D eigenvalue weighted by Gasteiger charge is 2.26. The van der Waals surface area contributed by atoms with Gasteiger partial charge in [0.05, 0.1) is 6.54 Å². The Labute approximate surface area is 235 Å². The van der Waals surface area contributed by atoms with Crippen molar-refractivity contribution in [3.8, 4) is 11.4 Å². The van der Waals surface area contributed by atoms with E-state index in [1.54, 1.807) is 0 Å². The Morgan fingerprint density at radius 3 is 2.42 bits per heavy atom. The Morgan fingerprint density at radius 1 is 0.975 bits per heavy atom. The Morgan fingerprint density at radius 2 is 1.70 bits per heavy atom. The molecule has 206 valence electrons. The van der Waals surface area contributed by atoms with Gasteiger partial charge in [0, 0.05) is 45.5 Å². The Bertz CT molecular complexity index is 1650. The monoisotopic (exact) mass is 535 g/mol. The van der Waals surface area contributed by atoms with Gasteiger partial charge in [-0.25, -0.2) is 0 Å². The zero-order valence-corrected chi connectivity index (χ0v) is 23.8. The predicted octanol–water partition coefficient (Wildman–Crippen LogP) is 7.01. The number of carbonyl (C=O) groups is 1. The molecule has 1 saturated heterocycles. The summed E-state index contributed by atoms with van der Waals surface area (Å²) in [6.45, 7) is 11.9. The molecule has 1 N–H and O–H groups in total. The van der Waals surface area contributed by atoms with E-state index in [1.165, 1.54) is 27.4 Å². The second-order valence-corrected chi connectivity index (χ2v) is 11.9. The van der Waals surface area contributed by atoms with Gasteiger partial charge in [-0.05, 0) is 68.1 Å². The minimum absolute atomic E-state index is 0.0106. The van der Waals surface area contributed by atoms with Crippen LogP contribution in [0.1, 0.15) is 52.0 Å². The summed E-state index contributed by atoms with van der Waals surface area (Å²) in [6, 6.07) is 23.1. The maximum atomic E-state index is 13.2. The van der Waals surface area contributed by atoms with Crippen molar-refractivity contribution in [3.63, 3.8) is 0 Å². The molecular weight excluding hydrogens is 498 g/mol. The Hall–Kier alpha value is -3.97. The number of aryl methyl sites for hydroxylation is 1. The van der Waals surface area contributed by atoms with Gasteiger partial charge in [0.2, 0.25) is 17.6 Å². The number of anilines is 1. The van der Waals surface area contributed by atoms with Gasteiger partial charge in [-0.2, -0.15) is 4.98 Å².